The van der Waals surface area contributed by atoms with Gasteiger partial charge in [-0.15, -0.1) is 0 Å². The summed E-state index contributed by atoms with van der Waals surface area (Å²) in [5, 5.41) is 9.79. The molecule has 2 rings (SSSR count). The third kappa shape index (κ3) is 1.25. The Morgan fingerprint density at radius 2 is 2.38 bits per heavy atom. The number of hydrogen-bond donors (Lipinski definition) is 2. The van der Waals surface area contributed by atoms with E-state index in [9.17, 15) is 4.79 Å². The molecular formula is C8H5ClN2O2. The molecule has 4 nitrogen and oxygen atoms in total. The molecule has 0 fully saturated rings. The van der Waals surface area contributed by atoms with E-state index in [0.29, 0.717) is 10.7 Å². The summed E-state index contributed by atoms with van der Waals surface area (Å²) < 4.78 is 0. The summed E-state index contributed by atoms with van der Waals surface area (Å²) in [6.45, 7) is 0. The topological polar surface area (TPSA) is 66.0 Å². The summed E-state index contributed by atoms with van der Waals surface area (Å²) in [4.78, 5) is 17.2. The lowest BCUT2D eigenvalue weighted by Crippen LogP contribution is -1.99. The predicted molar refractivity (Wildman–Crippen MR) is 48.1 cm³/mol. The summed E-state index contributed by atoms with van der Waals surface area (Å²) in [5.41, 5.74) is 0.435. The van der Waals surface area contributed by atoms with Gasteiger partial charge in [-0.1, -0.05) is 11.6 Å². The van der Waals surface area contributed by atoms with Crippen LogP contribution in [0.3, 0.4) is 0 Å². The van der Waals surface area contributed by atoms with Gasteiger partial charge in [0.15, 0.2) is 5.69 Å². The fourth-order valence-electron chi connectivity index (χ4n) is 1.11. The maximum Gasteiger partial charge on any atom is 0.354 e. The summed E-state index contributed by atoms with van der Waals surface area (Å²) in [7, 11) is 0. The van der Waals surface area contributed by atoms with Crippen LogP contribution < -0.4 is 0 Å². The van der Waals surface area contributed by atoms with E-state index in [1.165, 1.54) is 6.07 Å². The van der Waals surface area contributed by atoms with Crippen molar-refractivity contribution in [1.82, 2.24) is 9.97 Å². The summed E-state index contributed by atoms with van der Waals surface area (Å²) in [6.07, 6.45) is 1.66. The summed E-state index contributed by atoms with van der Waals surface area (Å²) in [6, 6.07) is 3.08. The molecule has 0 unspecified atom stereocenters. The van der Waals surface area contributed by atoms with Gasteiger partial charge in [0.1, 0.15) is 5.65 Å². The van der Waals surface area contributed by atoms with Crippen LogP contribution in [0.5, 0.6) is 0 Å². The number of nitrogens with one attached hydrogen (secondary N) is 1. The quantitative estimate of drug-likeness (QED) is 0.732. The molecule has 0 aliphatic carbocycles. The first-order valence-corrected chi connectivity index (χ1v) is 3.93. The van der Waals surface area contributed by atoms with Gasteiger partial charge in [0.05, 0.1) is 5.02 Å². The minimum Gasteiger partial charge on any atom is -0.477 e. The molecule has 13 heavy (non-hydrogen) atoms. The molecule has 0 saturated carbocycles. The van der Waals surface area contributed by atoms with Crippen molar-refractivity contribution in [3.63, 3.8) is 0 Å². The van der Waals surface area contributed by atoms with E-state index in [0.717, 1.165) is 5.39 Å². The average molecular weight is 197 g/mol. The van der Waals surface area contributed by atoms with Crippen molar-refractivity contribution >= 4 is 28.6 Å². The zero-order chi connectivity index (χ0) is 9.42. The van der Waals surface area contributed by atoms with Gasteiger partial charge in [-0.25, -0.2) is 9.78 Å². The monoisotopic (exact) mass is 196 g/mol. The molecule has 2 aromatic heterocycles. The van der Waals surface area contributed by atoms with Crippen LogP contribution in [0.2, 0.25) is 5.02 Å². The van der Waals surface area contributed by atoms with E-state index in [2.05, 4.69) is 9.97 Å². The van der Waals surface area contributed by atoms with Crippen LogP contribution in [0.1, 0.15) is 10.5 Å². The van der Waals surface area contributed by atoms with Gasteiger partial charge in [-0.05, 0) is 12.1 Å². The number of aromatic amines is 1. The molecule has 0 aromatic carbocycles. The number of carboxylic acids is 1. The Morgan fingerprint density at radius 1 is 1.62 bits per heavy atom. The molecule has 5 heteroatoms. The van der Waals surface area contributed by atoms with Crippen molar-refractivity contribution in [2.24, 2.45) is 0 Å². The third-order valence-electron chi connectivity index (χ3n) is 1.70. The minimum absolute atomic E-state index is 0.0556. The molecule has 0 aliphatic heterocycles. The Morgan fingerprint density at radius 3 is 3.08 bits per heavy atom. The smallest absolute Gasteiger partial charge is 0.354 e. The van der Waals surface area contributed by atoms with E-state index < -0.39 is 5.97 Å². The standard InChI is InChI=1S/C8H5ClN2O2/c9-5-3-6(8(12)13)11-7-4(5)1-2-10-7/h1-3H,(H,10,11)(H,12,13). The Balaban J connectivity index is 2.77. The average Bonchev–Trinajstić information content (AvgIpc) is 2.51. The van der Waals surface area contributed by atoms with E-state index >= 15 is 0 Å². The number of halogens is 1. The lowest BCUT2D eigenvalue weighted by atomic mass is 10.3. The van der Waals surface area contributed by atoms with Gasteiger partial charge < -0.3 is 10.1 Å². The number of aromatic carboxylic acids is 1. The number of fused-ring (bicyclic) bond motifs is 1. The number of aromatic nitrogens is 2. The van der Waals surface area contributed by atoms with Gasteiger partial charge >= 0.3 is 5.97 Å². The number of pyridine rings is 1. The lowest BCUT2D eigenvalue weighted by molar-refractivity contribution is 0.0691. The minimum atomic E-state index is -1.08. The van der Waals surface area contributed by atoms with Crippen LogP contribution in [0.15, 0.2) is 18.3 Å². The molecule has 0 aliphatic rings. The van der Waals surface area contributed by atoms with Crippen molar-refractivity contribution in [3.8, 4) is 0 Å². The summed E-state index contributed by atoms with van der Waals surface area (Å²) >= 11 is 5.82. The second kappa shape index (κ2) is 2.74. The maximum atomic E-state index is 10.6. The van der Waals surface area contributed by atoms with E-state index in [1.807, 2.05) is 0 Å². The highest BCUT2D eigenvalue weighted by atomic mass is 35.5. The molecule has 0 spiro atoms. The van der Waals surface area contributed by atoms with E-state index in [-0.39, 0.29) is 5.69 Å². The van der Waals surface area contributed by atoms with Crippen LogP contribution in [0, 0.1) is 0 Å². The van der Waals surface area contributed by atoms with Crippen molar-refractivity contribution in [2.45, 2.75) is 0 Å². The second-order valence-corrected chi connectivity index (χ2v) is 2.94. The van der Waals surface area contributed by atoms with Gasteiger partial charge in [-0.3, -0.25) is 0 Å². The molecule has 2 N–H and O–H groups in total. The van der Waals surface area contributed by atoms with Gasteiger partial charge in [0.2, 0.25) is 0 Å². The molecule has 66 valence electrons. The first-order chi connectivity index (χ1) is 6.18. The molecule has 0 radical (unpaired) electrons. The normalized spacial score (nSPS) is 10.5. The van der Waals surface area contributed by atoms with Crippen molar-refractivity contribution in [3.05, 3.63) is 29.0 Å². The molecule has 0 amide bonds. The zero-order valence-electron chi connectivity index (χ0n) is 6.41. The Bertz CT molecular complexity index is 478. The van der Waals surface area contributed by atoms with Gasteiger partial charge in [0, 0.05) is 11.6 Å². The first kappa shape index (κ1) is 8.07. The van der Waals surface area contributed by atoms with E-state index in [4.69, 9.17) is 16.7 Å². The Labute approximate surface area is 78.2 Å². The number of carbonyl (C=O) groups is 1. The molecule has 2 heterocycles. The predicted octanol–water partition coefficient (Wildman–Crippen LogP) is 1.91. The number of H-pyrrole nitrogens is 1. The van der Waals surface area contributed by atoms with Gasteiger partial charge in [0.25, 0.3) is 0 Å². The number of hydrogen-bond acceptors (Lipinski definition) is 2. The highest BCUT2D eigenvalue weighted by Crippen LogP contribution is 2.21. The number of carboxylic acid groups (broad SMARTS) is 1. The number of rotatable bonds is 1. The molecular weight excluding hydrogens is 192 g/mol. The molecule has 2 aromatic rings. The molecule has 0 bridgehead atoms. The fourth-order valence-corrected chi connectivity index (χ4v) is 1.36. The highest BCUT2D eigenvalue weighted by Gasteiger charge is 2.09. The maximum absolute atomic E-state index is 10.6. The lowest BCUT2D eigenvalue weighted by Gasteiger charge is -1.96. The van der Waals surface area contributed by atoms with Crippen LogP contribution in [-0.4, -0.2) is 21.0 Å². The third-order valence-corrected chi connectivity index (χ3v) is 2.01. The first-order valence-electron chi connectivity index (χ1n) is 3.55. The molecule has 0 saturated heterocycles. The van der Waals surface area contributed by atoms with Crippen LogP contribution in [0.4, 0.5) is 0 Å². The Kier molecular flexibility index (Phi) is 1.70. The van der Waals surface area contributed by atoms with E-state index in [1.54, 1.807) is 12.3 Å². The van der Waals surface area contributed by atoms with Crippen molar-refractivity contribution in [1.29, 1.82) is 0 Å². The van der Waals surface area contributed by atoms with Crippen molar-refractivity contribution in [2.75, 3.05) is 0 Å². The SMILES string of the molecule is O=C(O)c1cc(Cl)c2cc[nH]c2n1. The zero-order valence-corrected chi connectivity index (χ0v) is 7.17. The van der Waals surface area contributed by atoms with Crippen LogP contribution in [-0.2, 0) is 0 Å². The highest BCUT2D eigenvalue weighted by molar-refractivity contribution is 6.35. The fraction of sp³-hybridized carbons (Fsp3) is 0. The van der Waals surface area contributed by atoms with Crippen molar-refractivity contribution < 1.29 is 9.90 Å². The second-order valence-electron chi connectivity index (χ2n) is 2.53. The Hall–Kier alpha value is -1.55. The summed E-state index contributed by atoms with van der Waals surface area (Å²) in [5.74, 6) is -1.08. The number of nitrogens with zero attached hydrogens (tertiary/aromatic N) is 1. The van der Waals surface area contributed by atoms with Gasteiger partial charge in [-0.2, -0.15) is 0 Å². The molecule has 0 atom stereocenters. The largest absolute Gasteiger partial charge is 0.477 e. The van der Waals surface area contributed by atoms with Crippen LogP contribution in [0.25, 0.3) is 11.0 Å². The van der Waals surface area contributed by atoms with Crippen LogP contribution >= 0.6 is 11.6 Å².